The Morgan fingerprint density at radius 2 is 1.85 bits per heavy atom. The third kappa shape index (κ3) is 5.77. The highest BCUT2D eigenvalue weighted by Crippen LogP contribution is 2.49. The lowest BCUT2D eigenvalue weighted by Crippen LogP contribution is -2.28. The van der Waals surface area contributed by atoms with Crippen LogP contribution in [0.5, 0.6) is 11.5 Å². The molecule has 0 radical (unpaired) electrons. The Labute approximate surface area is 254 Å². The summed E-state index contributed by atoms with van der Waals surface area (Å²) >= 11 is 8.42. The highest BCUT2D eigenvalue weighted by molar-refractivity contribution is 14.1. The minimum absolute atomic E-state index is 0.280. The number of fused-ring (bicyclic) bond motifs is 3. The van der Waals surface area contributed by atoms with Gasteiger partial charge in [0.05, 0.1) is 21.9 Å². The van der Waals surface area contributed by atoms with Crippen LogP contribution in [0.3, 0.4) is 0 Å². The molecule has 0 fully saturated rings. The van der Waals surface area contributed by atoms with Crippen LogP contribution in [0.1, 0.15) is 47.6 Å². The molecular weight excluding hydrogens is 631 g/mol. The van der Waals surface area contributed by atoms with E-state index in [-0.39, 0.29) is 6.04 Å². The van der Waals surface area contributed by atoms with Gasteiger partial charge in [0.25, 0.3) is 0 Å². The van der Waals surface area contributed by atoms with E-state index in [4.69, 9.17) is 26.1 Å². The van der Waals surface area contributed by atoms with Crippen molar-refractivity contribution in [3.05, 3.63) is 128 Å². The molecule has 4 nitrogen and oxygen atoms in total. The Kier molecular flexibility index (Phi) is 8.12. The Morgan fingerprint density at radius 1 is 1.00 bits per heavy atom. The van der Waals surface area contributed by atoms with Gasteiger partial charge in [-0.2, -0.15) is 0 Å². The van der Waals surface area contributed by atoms with Crippen molar-refractivity contribution in [1.82, 2.24) is 0 Å². The molecular formula is C34H30ClIN2O2. The largest absolute Gasteiger partial charge is 0.490 e. The Balaban J connectivity index is 1.18. The third-order valence-corrected chi connectivity index (χ3v) is 8.53. The lowest BCUT2D eigenvalue weighted by molar-refractivity contribution is 0.267. The summed E-state index contributed by atoms with van der Waals surface area (Å²) in [5, 5.41) is 4.50. The maximum absolute atomic E-state index is 6.16. The van der Waals surface area contributed by atoms with E-state index in [1.165, 1.54) is 16.8 Å². The van der Waals surface area contributed by atoms with Crippen LogP contribution >= 0.6 is 34.2 Å². The number of anilines is 1. The minimum Gasteiger partial charge on any atom is -0.490 e. The van der Waals surface area contributed by atoms with E-state index in [0.717, 1.165) is 32.6 Å². The second-order valence-electron chi connectivity index (χ2n) is 10.1. The lowest BCUT2D eigenvalue weighted by atomic mass is 9.77. The average Bonchev–Trinajstić information content (AvgIpc) is 3.46. The van der Waals surface area contributed by atoms with E-state index in [1.54, 1.807) is 0 Å². The number of rotatable bonds is 8. The summed E-state index contributed by atoms with van der Waals surface area (Å²) in [6.45, 7) is 2.93. The molecule has 0 unspecified atom stereocenters. The molecule has 0 amide bonds. The van der Waals surface area contributed by atoms with Gasteiger partial charge in [-0.3, -0.25) is 4.99 Å². The Bertz CT molecular complexity index is 1570. The zero-order valence-corrected chi connectivity index (χ0v) is 25.1. The van der Waals surface area contributed by atoms with E-state index in [1.807, 2.05) is 43.5 Å². The fourth-order valence-electron chi connectivity index (χ4n) is 5.64. The van der Waals surface area contributed by atoms with E-state index < -0.39 is 0 Å². The number of hydrogen-bond acceptors (Lipinski definition) is 4. The molecule has 4 aromatic carbocycles. The smallest absolute Gasteiger partial charge is 0.175 e. The zero-order valence-electron chi connectivity index (χ0n) is 22.2. The number of para-hydroxylation sites is 1. The standard InChI is InChI=1S/C34H30ClIN2O2/c1-2-39-32-19-23(18-30(36)34(32)40-21-22-7-5-8-25(35)17-22)20-37-26-15-13-24(14-16-26)33-29-11-6-10-27(29)28-9-3-4-12-31(28)38-33/h3-10,12-20,27,29,33,38H,2,11,21H2,1H3/t27-,29-,33+/m1/s1. The van der Waals surface area contributed by atoms with Crippen molar-refractivity contribution in [2.75, 3.05) is 11.9 Å². The molecule has 1 aliphatic heterocycles. The Morgan fingerprint density at radius 3 is 2.67 bits per heavy atom. The lowest BCUT2D eigenvalue weighted by Gasteiger charge is -2.37. The van der Waals surface area contributed by atoms with Crippen molar-refractivity contribution >= 4 is 51.8 Å². The SMILES string of the molecule is CCOc1cc(C=Nc2ccc([C@@H]3Nc4ccccc4[C@H]4C=CC[C@H]43)cc2)cc(I)c1OCc1cccc(Cl)c1. The predicted molar refractivity (Wildman–Crippen MR) is 173 cm³/mol. The molecule has 0 spiro atoms. The van der Waals surface area contributed by atoms with Crippen LogP contribution in [0.4, 0.5) is 11.4 Å². The van der Waals surface area contributed by atoms with Crippen LogP contribution in [0.2, 0.25) is 5.02 Å². The minimum atomic E-state index is 0.280. The summed E-state index contributed by atoms with van der Waals surface area (Å²) in [5.74, 6) is 2.43. The fraction of sp³-hybridized carbons (Fsp3) is 0.206. The van der Waals surface area contributed by atoms with Gasteiger partial charge in [-0.15, -0.1) is 0 Å². The third-order valence-electron chi connectivity index (χ3n) is 7.49. The molecule has 0 saturated carbocycles. The number of halogens is 2. The van der Waals surface area contributed by atoms with E-state index >= 15 is 0 Å². The zero-order chi connectivity index (χ0) is 27.5. The molecule has 0 saturated heterocycles. The van der Waals surface area contributed by atoms with E-state index in [2.05, 4.69) is 94.7 Å². The van der Waals surface area contributed by atoms with Crippen molar-refractivity contribution in [2.45, 2.75) is 31.9 Å². The van der Waals surface area contributed by atoms with Crippen LogP contribution in [-0.2, 0) is 6.61 Å². The number of hydrogen-bond donors (Lipinski definition) is 1. The van der Waals surface area contributed by atoms with Gasteiger partial charge in [-0.1, -0.05) is 66.2 Å². The number of allylic oxidation sites excluding steroid dienone is 2. The predicted octanol–water partition coefficient (Wildman–Crippen LogP) is 9.50. The van der Waals surface area contributed by atoms with Crippen molar-refractivity contribution in [2.24, 2.45) is 10.9 Å². The molecule has 4 aromatic rings. The summed E-state index contributed by atoms with van der Waals surface area (Å²) < 4.78 is 13.1. The molecule has 40 heavy (non-hydrogen) atoms. The van der Waals surface area contributed by atoms with Crippen molar-refractivity contribution < 1.29 is 9.47 Å². The maximum Gasteiger partial charge on any atom is 0.175 e. The van der Waals surface area contributed by atoms with Gasteiger partial charge in [-0.25, -0.2) is 0 Å². The molecule has 2 aliphatic rings. The van der Waals surface area contributed by atoms with E-state index in [9.17, 15) is 0 Å². The first-order valence-electron chi connectivity index (χ1n) is 13.6. The molecule has 202 valence electrons. The monoisotopic (exact) mass is 660 g/mol. The van der Waals surface area contributed by atoms with Crippen LogP contribution < -0.4 is 14.8 Å². The quantitative estimate of drug-likeness (QED) is 0.116. The van der Waals surface area contributed by atoms with E-state index in [0.29, 0.717) is 35.8 Å². The van der Waals surface area contributed by atoms with Gasteiger partial charge < -0.3 is 14.8 Å². The van der Waals surface area contributed by atoms with Crippen LogP contribution in [0.15, 0.2) is 102 Å². The maximum atomic E-state index is 6.16. The molecule has 1 aliphatic carbocycles. The number of aliphatic imine (C=N–C) groups is 1. The van der Waals surface area contributed by atoms with Gasteiger partial charge >= 0.3 is 0 Å². The molecule has 6 rings (SSSR count). The molecule has 3 atom stereocenters. The first kappa shape index (κ1) is 26.9. The number of nitrogens with zero attached hydrogens (tertiary/aromatic N) is 1. The fourth-order valence-corrected chi connectivity index (χ4v) is 6.63. The summed E-state index contributed by atoms with van der Waals surface area (Å²) in [5.41, 5.74) is 6.81. The normalized spacial score (nSPS) is 19.2. The highest BCUT2D eigenvalue weighted by Gasteiger charge is 2.37. The van der Waals surface area contributed by atoms with Crippen LogP contribution in [0.25, 0.3) is 0 Å². The molecule has 0 bridgehead atoms. The molecule has 6 heteroatoms. The summed E-state index contributed by atoms with van der Waals surface area (Å²) in [6.07, 6.45) is 7.68. The second-order valence-corrected chi connectivity index (χ2v) is 11.7. The van der Waals surface area contributed by atoms with Gasteiger partial charge in [0, 0.05) is 22.8 Å². The topological polar surface area (TPSA) is 42.8 Å². The average molecular weight is 661 g/mol. The van der Waals surface area contributed by atoms with Crippen molar-refractivity contribution in [3.8, 4) is 11.5 Å². The Hall–Kier alpha value is -3.29. The summed E-state index contributed by atoms with van der Waals surface area (Å²) in [4.78, 5) is 4.77. The van der Waals surface area contributed by atoms with Gasteiger partial charge in [0.2, 0.25) is 0 Å². The van der Waals surface area contributed by atoms with Gasteiger partial charge in [0.15, 0.2) is 11.5 Å². The van der Waals surface area contributed by atoms with Crippen molar-refractivity contribution in [3.63, 3.8) is 0 Å². The van der Waals surface area contributed by atoms with Gasteiger partial charge in [0.1, 0.15) is 6.61 Å². The number of ether oxygens (including phenoxy) is 2. The molecule has 0 aromatic heterocycles. The summed E-state index contributed by atoms with van der Waals surface area (Å²) in [6, 6.07) is 29.3. The second kappa shape index (κ2) is 12.1. The van der Waals surface area contributed by atoms with Gasteiger partial charge in [-0.05, 0) is 107 Å². The van der Waals surface area contributed by atoms with Crippen LogP contribution in [-0.4, -0.2) is 12.8 Å². The number of benzene rings is 4. The van der Waals surface area contributed by atoms with Crippen LogP contribution in [0, 0.1) is 9.49 Å². The first-order chi connectivity index (χ1) is 19.6. The highest BCUT2D eigenvalue weighted by atomic mass is 127. The molecule has 1 heterocycles. The first-order valence-corrected chi connectivity index (χ1v) is 15.0. The molecule has 1 N–H and O–H groups in total. The summed E-state index contributed by atoms with van der Waals surface area (Å²) in [7, 11) is 0. The van der Waals surface area contributed by atoms with Crippen molar-refractivity contribution in [1.29, 1.82) is 0 Å². The number of nitrogens with one attached hydrogen (secondary N) is 1.